The molecule has 1 aliphatic rings. The Morgan fingerprint density at radius 2 is 1.90 bits per heavy atom. The molecule has 2 rings (SSSR count). The van der Waals surface area contributed by atoms with Crippen molar-refractivity contribution < 1.29 is 17.9 Å². The molecule has 0 saturated heterocycles. The fraction of sp³-hybridized carbons (Fsp3) is 0.600. The van der Waals surface area contributed by atoms with Gasteiger partial charge in [0.25, 0.3) is 0 Å². The molecule has 0 spiro atoms. The van der Waals surface area contributed by atoms with Gasteiger partial charge in [0.1, 0.15) is 5.75 Å². The molecule has 1 fully saturated rings. The first-order chi connectivity index (χ1) is 9.30. The molecule has 1 aliphatic carbocycles. The molecule has 0 heterocycles. The van der Waals surface area contributed by atoms with Crippen LogP contribution < -0.4 is 10.5 Å². The van der Waals surface area contributed by atoms with E-state index in [1.807, 2.05) is 0 Å². The van der Waals surface area contributed by atoms with Crippen molar-refractivity contribution in [2.24, 2.45) is 11.7 Å². The summed E-state index contributed by atoms with van der Waals surface area (Å²) in [6.45, 7) is 2.16. The molecule has 1 aromatic carbocycles. The Hall–Kier alpha value is -1.23. The van der Waals surface area contributed by atoms with Gasteiger partial charge in [-0.25, -0.2) is 0 Å². The highest BCUT2D eigenvalue weighted by Crippen LogP contribution is 2.40. The predicted molar refractivity (Wildman–Crippen MR) is 71.2 cm³/mol. The van der Waals surface area contributed by atoms with Gasteiger partial charge < -0.3 is 10.5 Å². The van der Waals surface area contributed by atoms with Crippen molar-refractivity contribution in [2.45, 2.75) is 50.9 Å². The number of nitrogens with two attached hydrogens (primary N) is 1. The van der Waals surface area contributed by atoms with Gasteiger partial charge in [0.2, 0.25) is 0 Å². The third-order valence-corrected chi connectivity index (χ3v) is 4.05. The van der Waals surface area contributed by atoms with Gasteiger partial charge in [0.15, 0.2) is 0 Å². The van der Waals surface area contributed by atoms with E-state index in [9.17, 15) is 13.2 Å². The first kappa shape index (κ1) is 15.2. The van der Waals surface area contributed by atoms with Crippen molar-refractivity contribution in [2.75, 3.05) is 0 Å². The highest BCUT2D eigenvalue weighted by atomic mass is 19.4. The highest BCUT2D eigenvalue weighted by molar-refractivity contribution is 5.39. The lowest BCUT2D eigenvalue weighted by Gasteiger charge is -2.30. The zero-order valence-corrected chi connectivity index (χ0v) is 11.5. The minimum atomic E-state index is -4.69. The summed E-state index contributed by atoms with van der Waals surface area (Å²) in [7, 11) is 0. The van der Waals surface area contributed by atoms with Crippen molar-refractivity contribution in [1.82, 2.24) is 0 Å². The van der Waals surface area contributed by atoms with Crippen molar-refractivity contribution >= 4 is 0 Å². The van der Waals surface area contributed by atoms with Crippen molar-refractivity contribution in [1.29, 1.82) is 0 Å². The predicted octanol–water partition coefficient (Wildman–Crippen LogP) is 4.34. The maximum atomic E-state index is 12.5. The zero-order chi connectivity index (χ0) is 14.8. The van der Waals surface area contributed by atoms with E-state index in [1.165, 1.54) is 12.1 Å². The Morgan fingerprint density at radius 3 is 2.60 bits per heavy atom. The van der Waals surface area contributed by atoms with E-state index in [-0.39, 0.29) is 5.75 Å². The molecule has 1 saturated carbocycles. The summed E-state index contributed by atoms with van der Waals surface area (Å²) in [6, 6.07) is 6.23. The van der Waals surface area contributed by atoms with E-state index in [0.29, 0.717) is 24.3 Å². The fourth-order valence-corrected chi connectivity index (χ4v) is 2.90. The molecule has 0 radical (unpaired) electrons. The van der Waals surface area contributed by atoms with E-state index >= 15 is 0 Å². The molecule has 0 aromatic heterocycles. The smallest absolute Gasteiger partial charge is 0.405 e. The number of hydrogen-bond donors (Lipinski definition) is 1. The van der Waals surface area contributed by atoms with Crippen molar-refractivity contribution in [3.05, 3.63) is 29.8 Å². The van der Waals surface area contributed by atoms with Crippen LogP contribution in [0, 0.1) is 5.92 Å². The second kappa shape index (κ2) is 5.64. The van der Waals surface area contributed by atoms with Gasteiger partial charge in [-0.2, -0.15) is 0 Å². The SMILES string of the molecule is CC1CCCC(N)(c2ccccc2OC(F)(F)F)CC1. The Kier molecular flexibility index (Phi) is 4.28. The lowest BCUT2D eigenvalue weighted by Crippen LogP contribution is -2.37. The van der Waals surface area contributed by atoms with Crippen LogP contribution in [-0.4, -0.2) is 6.36 Å². The second-order valence-electron chi connectivity index (χ2n) is 5.74. The van der Waals surface area contributed by atoms with Gasteiger partial charge >= 0.3 is 6.36 Å². The lowest BCUT2D eigenvalue weighted by molar-refractivity contribution is -0.275. The van der Waals surface area contributed by atoms with E-state index in [4.69, 9.17) is 5.73 Å². The third-order valence-electron chi connectivity index (χ3n) is 4.05. The Labute approximate surface area is 117 Å². The van der Waals surface area contributed by atoms with Crippen molar-refractivity contribution in [3.8, 4) is 5.75 Å². The maximum absolute atomic E-state index is 12.5. The normalized spacial score (nSPS) is 27.9. The molecule has 2 unspecified atom stereocenters. The van der Waals surface area contributed by atoms with Crippen LogP contribution in [0.1, 0.15) is 44.6 Å². The second-order valence-corrected chi connectivity index (χ2v) is 5.74. The van der Waals surface area contributed by atoms with Gasteiger partial charge in [0.05, 0.1) is 0 Å². The van der Waals surface area contributed by atoms with Gasteiger partial charge in [0, 0.05) is 11.1 Å². The van der Waals surface area contributed by atoms with Gasteiger partial charge in [-0.05, 0) is 31.2 Å². The molecular formula is C15H20F3NO. The molecule has 2 N–H and O–H groups in total. The van der Waals surface area contributed by atoms with Crippen LogP contribution in [0.2, 0.25) is 0 Å². The molecule has 2 nitrogen and oxygen atoms in total. The quantitative estimate of drug-likeness (QED) is 0.821. The van der Waals surface area contributed by atoms with Crippen LogP contribution in [0.4, 0.5) is 13.2 Å². The fourth-order valence-electron chi connectivity index (χ4n) is 2.90. The lowest BCUT2D eigenvalue weighted by atomic mass is 9.83. The number of ether oxygens (including phenoxy) is 1. The van der Waals surface area contributed by atoms with Gasteiger partial charge in [-0.3, -0.25) is 0 Å². The summed E-state index contributed by atoms with van der Waals surface area (Å²) in [6.07, 6.45) is -0.386. The van der Waals surface area contributed by atoms with Gasteiger partial charge in [-0.15, -0.1) is 13.2 Å². The van der Waals surface area contributed by atoms with E-state index in [2.05, 4.69) is 11.7 Å². The standard InChI is InChI=1S/C15H20F3NO/c1-11-5-4-9-14(19,10-8-11)12-6-2-3-7-13(12)20-15(16,17)18/h2-3,6-7,11H,4-5,8-10,19H2,1H3. The Morgan fingerprint density at radius 1 is 1.20 bits per heavy atom. The topological polar surface area (TPSA) is 35.2 Å². The highest BCUT2D eigenvalue weighted by Gasteiger charge is 2.37. The number of halogens is 3. The average Bonchev–Trinajstić information content (AvgIpc) is 2.51. The molecule has 20 heavy (non-hydrogen) atoms. The van der Waals surface area contributed by atoms with Crippen LogP contribution in [0.3, 0.4) is 0 Å². The third kappa shape index (κ3) is 3.66. The number of alkyl halides is 3. The monoisotopic (exact) mass is 287 g/mol. The number of hydrogen-bond acceptors (Lipinski definition) is 2. The minimum absolute atomic E-state index is 0.169. The summed E-state index contributed by atoms with van der Waals surface area (Å²) in [5, 5.41) is 0. The zero-order valence-electron chi connectivity index (χ0n) is 11.5. The van der Waals surface area contributed by atoms with Crippen LogP contribution >= 0.6 is 0 Å². The van der Waals surface area contributed by atoms with Crippen LogP contribution in [0.25, 0.3) is 0 Å². The molecule has 5 heteroatoms. The first-order valence-electron chi connectivity index (χ1n) is 6.94. The molecule has 112 valence electrons. The van der Waals surface area contributed by atoms with Crippen LogP contribution in [-0.2, 0) is 5.54 Å². The van der Waals surface area contributed by atoms with Crippen molar-refractivity contribution in [3.63, 3.8) is 0 Å². The number of rotatable bonds is 2. The molecule has 0 bridgehead atoms. The summed E-state index contributed by atoms with van der Waals surface area (Å²) >= 11 is 0. The Bertz CT molecular complexity index is 461. The van der Waals surface area contributed by atoms with Gasteiger partial charge in [-0.1, -0.05) is 38.0 Å². The largest absolute Gasteiger partial charge is 0.573 e. The maximum Gasteiger partial charge on any atom is 0.573 e. The average molecular weight is 287 g/mol. The van der Waals surface area contributed by atoms with E-state index in [1.54, 1.807) is 12.1 Å². The number of benzene rings is 1. The number of para-hydroxylation sites is 1. The first-order valence-corrected chi connectivity index (χ1v) is 6.94. The molecule has 0 aliphatic heterocycles. The molecular weight excluding hydrogens is 267 g/mol. The molecule has 1 aromatic rings. The molecule has 2 atom stereocenters. The van der Waals surface area contributed by atoms with E-state index < -0.39 is 11.9 Å². The summed E-state index contributed by atoms with van der Waals surface area (Å²) in [5.41, 5.74) is 6.15. The summed E-state index contributed by atoms with van der Waals surface area (Å²) in [5.74, 6) is 0.396. The van der Waals surface area contributed by atoms with Crippen LogP contribution in [0.15, 0.2) is 24.3 Å². The van der Waals surface area contributed by atoms with E-state index in [0.717, 1.165) is 19.3 Å². The van der Waals surface area contributed by atoms with Crippen LogP contribution in [0.5, 0.6) is 5.75 Å². The summed E-state index contributed by atoms with van der Waals surface area (Å²) in [4.78, 5) is 0. The minimum Gasteiger partial charge on any atom is -0.405 e. The molecule has 0 amide bonds. The summed E-state index contributed by atoms with van der Waals surface area (Å²) < 4.78 is 41.6. The Balaban J connectivity index is 2.31.